The van der Waals surface area contributed by atoms with Crippen molar-refractivity contribution in [2.75, 3.05) is 4.72 Å². The van der Waals surface area contributed by atoms with Crippen LogP contribution in [0.1, 0.15) is 28.2 Å². The van der Waals surface area contributed by atoms with Gasteiger partial charge in [0.1, 0.15) is 10.9 Å². The molecular weight excluding hydrogens is 306 g/mol. The molecule has 1 heterocycles. The highest BCUT2D eigenvalue weighted by Gasteiger charge is 2.22. The standard InChI is InChI=1S/C14H15N3O4S/c1-10(11-5-3-2-4-6-11)22(20,21)17-12-7-8-15-13(9-12)14(18)16-19/h2-10,19H,1H3,(H,15,17)(H,16,18). The first kappa shape index (κ1) is 15.9. The van der Waals surface area contributed by atoms with Crippen molar-refractivity contribution in [3.8, 4) is 0 Å². The number of carbonyl (C=O) groups excluding carboxylic acids is 1. The van der Waals surface area contributed by atoms with Gasteiger partial charge in [-0.15, -0.1) is 0 Å². The predicted molar refractivity (Wildman–Crippen MR) is 80.9 cm³/mol. The number of pyridine rings is 1. The third-order valence-electron chi connectivity index (χ3n) is 3.09. The zero-order valence-corrected chi connectivity index (χ0v) is 12.5. The number of sulfonamides is 1. The molecule has 1 aromatic heterocycles. The van der Waals surface area contributed by atoms with Gasteiger partial charge in [-0.3, -0.25) is 19.7 Å². The first-order valence-corrected chi connectivity index (χ1v) is 7.96. The van der Waals surface area contributed by atoms with Crippen LogP contribution in [0.3, 0.4) is 0 Å². The maximum absolute atomic E-state index is 12.4. The molecule has 0 spiro atoms. The monoisotopic (exact) mass is 321 g/mol. The molecule has 7 nitrogen and oxygen atoms in total. The Balaban J connectivity index is 2.24. The summed E-state index contributed by atoms with van der Waals surface area (Å²) in [5.41, 5.74) is 2.18. The Labute approximate surface area is 128 Å². The molecule has 2 rings (SSSR count). The normalized spacial score (nSPS) is 12.5. The number of carbonyl (C=O) groups is 1. The van der Waals surface area contributed by atoms with E-state index in [4.69, 9.17) is 5.21 Å². The molecule has 0 radical (unpaired) electrons. The number of hydrogen-bond donors (Lipinski definition) is 3. The lowest BCUT2D eigenvalue weighted by atomic mass is 10.2. The van der Waals surface area contributed by atoms with E-state index in [1.807, 2.05) is 0 Å². The second-order valence-corrected chi connectivity index (χ2v) is 6.57. The summed E-state index contributed by atoms with van der Waals surface area (Å²) in [6.45, 7) is 1.57. The van der Waals surface area contributed by atoms with Crippen molar-refractivity contribution >= 4 is 21.6 Å². The summed E-state index contributed by atoms with van der Waals surface area (Å²) in [5, 5.41) is 7.80. The first-order chi connectivity index (χ1) is 10.4. The van der Waals surface area contributed by atoms with Gasteiger partial charge in [0.15, 0.2) is 0 Å². The molecule has 0 bridgehead atoms. The van der Waals surface area contributed by atoms with Crippen LogP contribution >= 0.6 is 0 Å². The summed E-state index contributed by atoms with van der Waals surface area (Å²) in [5.74, 6) is -0.822. The van der Waals surface area contributed by atoms with Crippen molar-refractivity contribution in [2.24, 2.45) is 0 Å². The molecule has 0 fully saturated rings. The van der Waals surface area contributed by atoms with E-state index in [9.17, 15) is 13.2 Å². The van der Waals surface area contributed by atoms with Crippen LogP contribution in [-0.4, -0.2) is 24.5 Å². The molecular formula is C14H15N3O4S. The molecule has 0 saturated carbocycles. The van der Waals surface area contributed by atoms with Crippen LogP contribution in [0.15, 0.2) is 48.7 Å². The molecule has 0 aliphatic rings. The fourth-order valence-electron chi connectivity index (χ4n) is 1.83. The number of amides is 1. The highest BCUT2D eigenvalue weighted by molar-refractivity contribution is 7.92. The minimum atomic E-state index is -3.69. The number of benzene rings is 1. The van der Waals surface area contributed by atoms with E-state index in [1.54, 1.807) is 37.3 Å². The van der Waals surface area contributed by atoms with Gasteiger partial charge in [0.05, 0.1) is 5.69 Å². The van der Waals surface area contributed by atoms with E-state index < -0.39 is 21.2 Å². The zero-order valence-electron chi connectivity index (χ0n) is 11.7. The van der Waals surface area contributed by atoms with Crippen molar-refractivity contribution in [2.45, 2.75) is 12.2 Å². The van der Waals surface area contributed by atoms with Crippen LogP contribution in [0.25, 0.3) is 0 Å². The van der Waals surface area contributed by atoms with Crippen LogP contribution in [0, 0.1) is 0 Å². The number of anilines is 1. The Morgan fingerprint density at radius 3 is 2.55 bits per heavy atom. The molecule has 2 aromatic rings. The Morgan fingerprint density at radius 1 is 1.23 bits per heavy atom. The van der Waals surface area contributed by atoms with Gasteiger partial charge in [0, 0.05) is 6.20 Å². The van der Waals surface area contributed by atoms with Crippen molar-refractivity contribution in [3.63, 3.8) is 0 Å². The van der Waals surface area contributed by atoms with Gasteiger partial charge in [-0.2, -0.15) is 0 Å². The van der Waals surface area contributed by atoms with Gasteiger partial charge >= 0.3 is 0 Å². The smallest absolute Gasteiger partial charge is 0.288 e. The molecule has 0 saturated heterocycles. The van der Waals surface area contributed by atoms with Crippen LogP contribution in [0.5, 0.6) is 0 Å². The Morgan fingerprint density at radius 2 is 1.91 bits per heavy atom. The fraction of sp³-hybridized carbons (Fsp3) is 0.143. The summed E-state index contributed by atoms with van der Waals surface area (Å²) in [6, 6.07) is 11.4. The lowest BCUT2D eigenvalue weighted by molar-refractivity contribution is 0.0701. The first-order valence-electron chi connectivity index (χ1n) is 6.41. The molecule has 1 aromatic carbocycles. The lowest BCUT2D eigenvalue weighted by Crippen LogP contribution is -2.22. The van der Waals surface area contributed by atoms with Crippen LogP contribution < -0.4 is 10.2 Å². The number of nitrogens with zero attached hydrogens (tertiary/aromatic N) is 1. The minimum Gasteiger partial charge on any atom is -0.288 e. The van der Waals surface area contributed by atoms with Crippen molar-refractivity contribution < 1.29 is 18.4 Å². The van der Waals surface area contributed by atoms with Crippen LogP contribution in [0.2, 0.25) is 0 Å². The van der Waals surface area contributed by atoms with Gasteiger partial charge in [-0.25, -0.2) is 13.9 Å². The molecule has 0 aliphatic carbocycles. The number of rotatable bonds is 5. The Kier molecular flexibility index (Phi) is 4.74. The summed E-state index contributed by atoms with van der Waals surface area (Å²) in [7, 11) is -3.69. The summed E-state index contributed by atoms with van der Waals surface area (Å²) in [4.78, 5) is 15.0. The largest absolute Gasteiger partial charge is 0.293 e. The van der Waals surface area contributed by atoms with Gasteiger partial charge in [-0.05, 0) is 24.6 Å². The van der Waals surface area contributed by atoms with E-state index in [0.29, 0.717) is 5.56 Å². The van der Waals surface area contributed by atoms with Crippen molar-refractivity contribution in [1.82, 2.24) is 10.5 Å². The maximum atomic E-state index is 12.4. The quantitative estimate of drug-likeness (QED) is 0.574. The predicted octanol–water partition coefficient (Wildman–Crippen LogP) is 1.70. The average Bonchev–Trinajstić information content (AvgIpc) is 2.54. The van der Waals surface area contributed by atoms with E-state index in [-0.39, 0.29) is 11.4 Å². The van der Waals surface area contributed by atoms with E-state index in [0.717, 1.165) is 0 Å². The minimum absolute atomic E-state index is 0.102. The molecule has 22 heavy (non-hydrogen) atoms. The number of hydroxylamine groups is 1. The molecule has 8 heteroatoms. The van der Waals surface area contributed by atoms with Gasteiger partial charge in [0.2, 0.25) is 10.0 Å². The molecule has 3 N–H and O–H groups in total. The number of nitrogens with one attached hydrogen (secondary N) is 2. The molecule has 1 atom stereocenters. The third-order valence-corrected chi connectivity index (χ3v) is 4.81. The van der Waals surface area contributed by atoms with Gasteiger partial charge in [-0.1, -0.05) is 30.3 Å². The van der Waals surface area contributed by atoms with Gasteiger partial charge in [0.25, 0.3) is 5.91 Å². The molecule has 0 aliphatic heterocycles. The van der Waals surface area contributed by atoms with E-state index in [2.05, 4.69) is 9.71 Å². The molecule has 116 valence electrons. The average molecular weight is 321 g/mol. The number of aromatic nitrogens is 1. The number of hydrogen-bond acceptors (Lipinski definition) is 5. The molecule has 1 unspecified atom stereocenters. The van der Waals surface area contributed by atoms with Crippen LogP contribution in [0.4, 0.5) is 5.69 Å². The summed E-state index contributed by atoms with van der Waals surface area (Å²) in [6.07, 6.45) is 1.27. The van der Waals surface area contributed by atoms with Crippen LogP contribution in [-0.2, 0) is 10.0 Å². The van der Waals surface area contributed by atoms with Gasteiger partial charge < -0.3 is 0 Å². The third kappa shape index (κ3) is 3.60. The van der Waals surface area contributed by atoms with E-state index >= 15 is 0 Å². The second-order valence-electron chi connectivity index (χ2n) is 4.57. The Hall–Kier alpha value is -2.45. The zero-order chi connectivity index (χ0) is 16.2. The highest BCUT2D eigenvalue weighted by atomic mass is 32.2. The van der Waals surface area contributed by atoms with E-state index in [1.165, 1.54) is 23.8 Å². The summed E-state index contributed by atoms with van der Waals surface area (Å²) >= 11 is 0. The lowest BCUT2D eigenvalue weighted by Gasteiger charge is -2.15. The topological polar surface area (TPSA) is 108 Å². The SMILES string of the molecule is CC(c1ccccc1)S(=O)(=O)Nc1ccnc(C(=O)NO)c1. The maximum Gasteiger partial charge on any atom is 0.293 e. The van der Waals surface area contributed by atoms with Crippen molar-refractivity contribution in [3.05, 3.63) is 59.9 Å². The second kappa shape index (κ2) is 6.54. The highest BCUT2D eigenvalue weighted by Crippen LogP contribution is 2.23. The van der Waals surface area contributed by atoms with Crippen molar-refractivity contribution in [1.29, 1.82) is 0 Å². The fourth-order valence-corrected chi connectivity index (χ4v) is 2.98. The Bertz CT molecular complexity index is 763. The molecule has 1 amide bonds. The summed E-state index contributed by atoms with van der Waals surface area (Å²) < 4.78 is 27.1.